The highest BCUT2D eigenvalue weighted by molar-refractivity contribution is 7.89. The maximum Gasteiger partial charge on any atom is 0.243 e. The van der Waals surface area contributed by atoms with Gasteiger partial charge in [-0.3, -0.25) is 0 Å². The van der Waals surface area contributed by atoms with Crippen molar-refractivity contribution in [3.8, 4) is 0 Å². The molecule has 0 saturated carbocycles. The van der Waals surface area contributed by atoms with Gasteiger partial charge in [0, 0.05) is 32.8 Å². The molecule has 1 aromatic carbocycles. The van der Waals surface area contributed by atoms with Crippen LogP contribution in [0.3, 0.4) is 0 Å². The van der Waals surface area contributed by atoms with E-state index in [2.05, 4.69) is 5.32 Å². The van der Waals surface area contributed by atoms with Crippen molar-refractivity contribution in [1.82, 2.24) is 9.62 Å². The van der Waals surface area contributed by atoms with E-state index in [1.54, 1.807) is 19.2 Å². The van der Waals surface area contributed by atoms with Crippen LogP contribution in [-0.2, 0) is 21.3 Å². The third-order valence-corrected chi connectivity index (χ3v) is 5.71. The molecular weight excluding hydrogens is 276 g/mol. The van der Waals surface area contributed by atoms with Crippen molar-refractivity contribution in [3.05, 3.63) is 29.8 Å². The Bertz CT molecular complexity index is 539. The molecular formula is C14H22N2O3S. The molecule has 1 aliphatic heterocycles. The third kappa shape index (κ3) is 3.20. The van der Waals surface area contributed by atoms with E-state index in [1.807, 2.05) is 19.2 Å². The molecule has 0 atom stereocenters. The highest BCUT2D eigenvalue weighted by Gasteiger charge is 2.30. The standard InChI is InChI=1S/C14H22N2O3S/c1-15-11-12-5-3-4-6-14(12)20(17,18)16(2)13-7-9-19-10-8-13/h3-6,13,15H,7-11H2,1-2H3. The number of benzene rings is 1. The monoisotopic (exact) mass is 298 g/mol. The van der Waals surface area contributed by atoms with Gasteiger partial charge in [-0.2, -0.15) is 4.31 Å². The average Bonchev–Trinajstić information content (AvgIpc) is 2.48. The van der Waals surface area contributed by atoms with Gasteiger partial charge in [0.25, 0.3) is 0 Å². The molecule has 5 nitrogen and oxygen atoms in total. The van der Waals surface area contributed by atoms with Crippen molar-refractivity contribution in [2.45, 2.75) is 30.3 Å². The number of sulfonamides is 1. The Hall–Kier alpha value is -0.950. The van der Waals surface area contributed by atoms with Crippen LogP contribution in [0, 0.1) is 0 Å². The lowest BCUT2D eigenvalue weighted by molar-refractivity contribution is 0.0632. The number of hydrogen-bond acceptors (Lipinski definition) is 4. The first kappa shape index (κ1) is 15.4. The summed E-state index contributed by atoms with van der Waals surface area (Å²) in [6, 6.07) is 7.18. The summed E-state index contributed by atoms with van der Waals surface area (Å²) in [5.41, 5.74) is 0.800. The molecule has 0 aliphatic carbocycles. The normalized spacial score (nSPS) is 17.6. The van der Waals surface area contributed by atoms with Gasteiger partial charge in [-0.05, 0) is 31.5 Å². The number of nitrogens with one attached hydrogen (secondary N) is 1. The second-order valence-corrected chi connectivity index (χ2v) is 6.97. The summed E-state index contributed by atoms with van der Waals surface area (Å²) in [6.45, 7) is 1.79. The molecule has 112 valence electrons. The van der Waals surface area contributed by atoms with Gasteiger partial charge < -0.3 is 10.1 Å². The molecule has 1 heterocycles. The summed E-state index contributed by atoms with van der Waals surface area (Å²) in [6.07, 6.45) is 1.51. The smallest absolute Gasteiger partial charge is 0.243 e. The van der Waals surface area contributed by atoms with Crippen LogP contribution >= 0.6 is 0 Å². The molecule has 1 aliphatic rings. The van der Waals surface area contributed by atoms with Gasteiger partial charge >= 0.3 is 0 Å². The molecule has 0 aromatic heterocycles. The predicted molar refractivity (Wildman–Crippen MR) is 78.0 cm³/mol. The largest absolute Gasteiger partial charge is 0.381 e. The second kappa shape index (κ2) is 6.67. The minimum absolute atomic E-state index is 0.0244. The summed E-state index contributed by atoms with van der Waals surface area (Å²) >= 11 is 0. The van der Waals surface area contributed by atoms with Gasteiger partial charge in [0.15, 0.2) is 0 Å². The molecule has 0 radical (unpaired) electrons. The molecule has 1 N–H and O–H groups in total. The molecule has 6 heteroatoms. The molecule has 1 aromatic rings. The first-order valence-electron chi connectivity index (χ1n) is 6.85. The van der Waals surface area contributed by atoms with Gasteiger partial charge in [0.05, 0.1) is 4.90 Å². The molecule has 2 rings (SSSR count). The molecule has 0 unspecified atom stereocenters. The van der Waals surface area contributed by atoms with Crippen LogP contribution in [0.4, 0.5) is 0 Å². The van der Waals surface area contributed by atoms with Gasteiger partial charge in [-0.15, -0.1) is 0 Å². The first-order chi connectivity index (χ1) is 9.57. The zero-order valence-corrected chi connectivity index (χ0v) is 12.8. The van der Waals surface area contributed by atoms with Crippen LogP contribution < -0.4 is 5.32 Å². The van der Waals surface area contributed by atoms with Crippen molar-refractivity contribution in [3.63, 3.8) is 0 Å². The Morgan fingerprint density at radius 2 is 1.95 bits per heavy atom. The van der Waals surface area contributed by atoms with Gasteiger partial charge in [0.1, 0.15) is 0 Å². The van der Waals surface area contributed by atoms with Gasteiger partial charge in [-0.25, -0.2) is 8.42 Å². The van der Waals surface area contributed by atoms with Crippen molar-refractivity contribution in [2.24, 2.45) is 0 Å². The molecule has 1 saturated heterocycles. The average molecular weight is 298 g/mol. The number of hydrogen-bond donors (Lipinski definition) is 1. The predicted octanol–water partition coefficient (Wildman–Crippen LogP) is 1.21. The van der Waals surface area contributed by atoms with E-state index in [-0.39, 0.29) is 6.04 Å². The molecule has 0 bridgehead atoms. The summed E-state index contributed by atoms with van der Waals surface area (Å²) in [4.78, 5) is 0.392. The van der Waals surface area contributed by atoms with E-state index >= 15 is 0 Å². The Morgan fingerprint density at radius 3 is 2.60 bits per heavy atom. The lowest BCUT2D eigenvalue weighted by Crippen LogP contribution is -2.40. The van der Waals surface area contributed by atoms with E-state index in [0.29, 0.717) is 24.7 Å². The summed E-state index contributed by atoms with van der Waals surface area (Å²) < 4.78 is 32.4. The van der Waals surface area contributed by atoms with Crippen molar-refractivity contribution < 1.29 is 13.2 Å². The summed E-state index contributed by atoms with van der Waals surface area (Å²) in [5.74, 6) is 0. The van der Waals surface area contributed by atoms with Crippen LogP contribution in [0.2, 0.25) is 0 Å². The number of ether oxygens (including phenoxy) is 1. The fraction of sp³-hybridized carbons (Fsp3) is 0.571. The highest BCUT2D eigenvalue weighted by atomic mass is 32.2. The van der Waals surface area contributed by atoms with E-state index < -0.39 is 10.0 Å². The van der Waals surface area contributed by atoms with Crippen molar-refractivity contribution in [1.29, 1.82) is 0 Å². The maximum absolute atomic E-state index is 12.8. The fourth-order valence-corrected chi connectivity index (χ4v) is 4.13. The third-order valence-electron chi connectivity index (χ3n) is 3.70. The van der Waals surface area contributed by atoms with E-state index in [1.165, 1.54) is 4.31 Å². The lowest BCUT2D eigenvalue weighted by Gasteiger charge is -2.31. The zero-order chi connectivity index (χ0) is 14.6. The highest BCUT2D eigenvalue weighted by Crippen LogP contribution is 2.24. The zero-order valence-electron chi connectivity index (χ0n) is 12.0. The lowest BCUT2D eigenvalue weighted by atomic mass is 10.1. The Kier molecular flexibility index (Phi) is 5.15. The van der Waals surface area contributed by atoms with Crippen LogP contribution in [0.1, 0.15) is 18.4 Å². The van der Waals surface area contributed by atoms with Crippen LogP contribution in [0.25, 0.3) is 0 Å². The molecule has 1 fully saturated rings. The Morgan fingerprint density at radius 1 is 1.30 bits per heavy atom. The quantitative estimate of drug-likeness (QED) is 0.887. The van der Waals surface area contributed by atoms with Crippen LogP contribution in [0.15, 0.2) is 29.2 Å². The molecule has 20 heavy (non-hydrogen) atoms. The van der Waals surface area contributed by atoms with Gasteiger partial charge in [-0.1, -0.05) is 18.2 Å². The van der Waals surface area contributed by atoms with E-state index in [9.17, 15) is 8.42 Å². The van der Waals surface area contributed by atoms with Crippen LogP contribution in [-0.4, -0.2) is 46.1 Å². The summed E-state index contributed by atoms with van der Waals surface area (Å²) in [5, 5.41) is 3.01. The van der Waals surface area contributed by atoms with Gasteiger partial charge in [0.2, 0.25) is 10.0 Å². The Labute approximate surface area is 121 Å². The molecule has 0 spiro atoms. The van der Waals surface area contributed by atoms with Crippen molar-refractivity contribution in [2.75, 3.05) is 27.3 Å². The van der Waals surface area contributed by atoms with Crippen molar-refractivity contribution >= 4 is 10.0 Å². The first-order valence-corrected chi connectivity index (χ1v) is 8.29. The number of nitrogens with zero attached hydrogens (tertiary/aromatic N) is 1. The topological polar surface area (TPSA) is 58.6 Å². The Balaban J connectivity index is 2.29. The number of rotatable bonds is 5. The molecule has 0 amide bonds. The van der Waals surface area contributed by atoms with Crippen LogP contribution in [0.5, 0.6) is 0 Å². The van der Waals surface area contributed by atoms with E-state index in [0.717, 1.165) is 18.4 Å². The summed E-state index contributed by atoms with van der Waals surface area (Å²) in [7, 11) is 0.0255. The second-order valence-electron chi connectivity index (χ2n) is 5.00. The fourth-order valence-electron chi connectivity index (χ4n) is 2.49. The minimum Gasteiger partial charge on any atom is -0.381 e. The van der Waals surface area contributed by atoms with E-state index in [4.69, 9.17) is 4.74 Å². The maximum atomic E-state index is 12.8. The minimum atomic E-state index is -3.45. The SMILES string of the molecule is CNCc1ccccc1S(=O)(=O)N(C)C1CCOCC1.